The van der Waals surface area contributed by atoms with Crippen LogP contribution in [0.15, 0.2) is 71.3 Å². The number of rotatable bonds is 21. The molecule has 668 valence electrons. The quantitative estimate of drug-likeness (QED) is 0.0144. The SMILES string of the molecule is CC(C)[C@@H](C)[C@@]1(C)CC[C@]2(C)[C@H]3CC[C@@H]4[C@@]5(COC[C@@]4(C)[C@@H](OC[C@](C)(N)C(C)(C)C)[C@H](NN)C5)C3=CC[C@@]2(C)[C@@H]1C(=O)O.CCOC(=O)c1cc(-c2ncnn2[C@@H]2C[C@@]34COC[C@](C)([C@@H]3CC[C@H]3C4=CC[C@@]4(C)[C@H](C(=O)O)[C@@](C)([C@H](C)C(C)C)CC[C@]34C)[C@H]2OC[C@](C)(N)C(C)(C)C)ccn1.CCOC(=O)c1cc(C(=O)N=CN(C)C)ccn1. The molecular weight excluding hydrogens is 1520 g/mol. The molecular formula is C96H151N11O13. The van der Waals surface area contributed by atoms with Gasteiger partial charge in [0.05, 0.1) is 89.3 Å². The van der Waals surface area contributed by atoms with Crippen molar-refractivity contribution in [2.75, 3.05) is 67.0 Å². The van der Waals surface area contributed by atoms with Crippen LogP contribution in [0, 0.1) is 124 Å². The number of aliphatic carboxylic acids is 2. The predicted octanol–water partition coefficient (Wildman–Crippen LogP) is 16.3. The highest BCUT2D eigenvalue weighted by Gasteiger charge is 2.75. The number of hydrazine groups is 1. The van der Waals surface area contributed by atoms with E-state index in [2.05, 4.69) is 185 Å². The highest BCUT2D eigenvalue weighted by molar-refractivity contribution is 6.00. The van der Waals surface area contributed by atoms with E-state index in [1.807, 2.05) is 10.7 Å². The molecule has 8 aliphatic carbocycles. The van der Waals surface area contributed by atoms with E-state index in [-0.39, 0.29) is 127 Å². The van der Waals surface area contributed by atoms with Gasteiger partial charge in [-0.25, -0.2) is 29.2 Å². The van der Waals surface area contributed by atoms with Gasteiger partial charge in [0.15, 0.2) is 5.82 Å². The number of hydrogen-bond acceptors (Lipinski definition) is 19. The Bertz CT molecular complexity index is 4350. The van der Waals surface area contributed by atoms with Gasteiger partial charge in [-0.1, -0.05) is 162 Å². The zero-order chi connectivity index (χ0) is 88.9. The molecule has 2 aliphatic heterocycles. The molecule has 24 heteroatoms. The Morgan fingerprint density at radius 3 is 1.49 bits per heavy atom. The monoisotopic (exact) mass is 1670 g/mol. The Kier molecular flexibility index (Phi) is 26.6. The number of nitrogens with zero attached hydrogens (tertiary/aromatic N) is 7. The van der Waals surface area contributed by atoms with Crippen LogP contribution in [0.3, 0.4) is 0 Å². The van der Waals surface area contributed by atoms with Crippen molar-refractivity contribution < 1.29 is 62.6 Å². The molecule has 5 heterocycles. The van der Waals surface area contributed by atoms with Gasteiger partial charge in [0, 0.05) is 76.4 Å². The van der Waals surface area contributed by atoms with Crippen molar-refractivity contribution in [2.45, 2.75) is 279 Å². The minimum absolute atomic E-state index is 0.0232. The summed E-state index contributed by atoms with van der Waals surface area (Å²) in [4.78, 5) is 81.3. The highest BCUT2D eigenvalue weighted by atomic mass is 16.5. The molecule has 1 amide bonds. The molecule has 2 saturated heterocycles. The van der Waals surface area contributed by atoms with Crippen LogP contribution in [0.4, 0.5) is 0 Å². The van der Waals surface area contributed by atoms with E-state index in [1.165, 1.54) is 35.8 Å². The largest absolute Gasteiger partial charge is 0.481 e. The third-order valence-corrected chi connectivity index (χ3v) is 35.3. The van der Waals surface area contributed by atoms with Gasteiger partial charge >= 0.3 is 23.9 Å². The molecule has 4 bridgehead atoms. The number of carboxylic acid groups (broad SMARTS) is 2. The average molecular weight is 1670 g/mol. The third-order valence-electron chi connectivity index (χ3n) is 35.3. The van der Waals surface area contributed by atoms with E-state index in [0.717, 1.165) is 82.6 Å². The van der Waals surface area contributed by atoms with E-state index in [1.54, 1.807) is 51.4 Å². The fraction of sp³-hybridized carbons (Fsp3) is 0.771. The molecule has 0 aromatic carbocycles. The van der Waals surface area contributed by atoms with Crippen molar-refractivity contribution in [3.63, 3.8) is 0 Å². The summed E-state index contributed by atoms with van der Waals surface area (Å²) in [7, 11) is 3.51. The minimum Gasteiger partial charge on any atom is -0.481 e. The number of carboxylic acids is 2. The van der Waals surface area contributed by atoms with Gasteiger partial charge in [0.1, 0.15) is 17.7 Å². The number of aliphatic imine (C=N–C) groups is 1. The van der Waals surface area contributed by atoms with Crippen LogP contribution in [0.5, 0.6) is 0 Å². The van der Waals surface area contributed by atoms with Crippen LogP contribution in [-0.4, -0.2) is 172 Å². The zero-order valence-electron chi connectivity index (χ0n) is 77.7. The molecule has 8 fully saturated rings. The Morgan fingerprint density at radius 1 is 0.617 bits per heavy atom. The number of esters is 2. The topological polar surface area (TPSA) is 343 Å². The lowest BCUT2D eigenvalue weighted by atomic mass is 9.34. The molecule has 13 rings (SSSR count). The Labute approximate surface area is 716 Å². The second kappa shape index (κ2) is 33.8. The van der Waals surface area contributed by atoms with E-state index in [0.29, 0.717) is 80.6 Å². The fourth-order valence-corrected chi connectivity index (χ4v) is 25.9. The number of carbonyl (C=O) groups excluding carboxylic acids is 3. The van der Waals surface area contributed by atoms with Crippen molar-refractivity contribution in [1.82, 2.24) is 35.1 Å². The van der Waals surface area contributed by atoms with Gasteiger partial charge in [0.2, 0.25) is 0 Å². The molecule has 10 aliphatic rings. The average Bonchev–Trinajstić information content (AvgIpc) is 0.734. The molecule has 120 heavy (non-hydrogen) atoms. The first-order valence-electron chi connectivity index (χ1n) is 44.9. The van der Waals surface area contributed by atoms with Gasteiger partial charge in [-0.3, -0.25) is 25.7 Å². The van der Waals surface area contributed by atoms with Crippen molar-refractivity contribution in [1.29, 1.82) is 0 Å². The lowest BCUT2D eigenvalue weighted by molar-refractivity contribution is -0.253. The number of carbonyl (C=O) groups is 5. The molecule has 0 spiro atoms. The van der Waals surface area contributed by atoms with Crippen molar-refractivity contribution in [3.8, 4) is 11.4 Å². The van der Waals surface area contributed by atoms with E-state index in [9.17, 15) is 34.2 Å². The lowest BCUT2D eigenvalue weighted by Crippen LogP contribution is -2.72. The number of nitrogens with one attached hydrogen (secondary N) is 1. The summed E-state index contributed by atoms with van der Waals surface area (Å²) >= 11 is 0. The van der Waals surface area contributed by atoms with Gasteiger partial charge in [0.25, 0.3) is 5.91 Å². The van der Waals surface area contributed by atoms with Gasteiger partial charge < -0.3 is 55.0 Å². The summed E-state index contributed by atoms with van der Waals surface area (Å²) in [6.07, 6.45) is 21.8. The Balaban J connectivity index is 0.000000199. The second-order valence-corrected chi connectivity index (χ2v) is 44.1. The van der Waals surface area contributed by atoms with Gasteiger partial charge in [-0.15, -0.1) is 0 Å². The highest BCUT2D eigenvalue weighted by Crippen LogP contribution is 2.78. The number of fused-ring (bicyclic) bond motifs is 6. The van der Waals surface area contributed by atoms with Gasteiger partial charge in [-0.05, 0) is 220 Å². The van der Waals surface area contributed by atoms with Crippen LogP contribution in [0.2, 0.25) is 0 Å². The Morgan fingerprint density at radius 2 is 1.06 bits per heavy atom. The summed E-state index contributed by atoms with van der Waals surface area (Å²) in [6, 6.07) is 6.20. The molecule has 3 aromatic rings. The minimum atomic E-state index is -0.651. The van der Waals surface area contributed by atoms with E-state index >= 15 is 0 Å². The number of hydrogen-bond donors (Lipinski definition) is 6. The van der Waals surface area contributed by atoms with E-state index < -0.39 is 57.6 Å². The zero-order valence-corrected chi connectivity index (χ0v) is 77.7. The number of pyridine rings is 2. The van der Waals surface area contributed by atoms with E-state index in [4.69, 9.17) is 55.8 Å². The molecule has 9 N–H and O–H groups in total. The first-order chi connectivity index (χ1) is 55.7. The number of ether oxygens (including phenoxy) is 6. The Hall–Kier alpha value is -6.38. The van der Waals surface area contributed by atoms with Crippen molar-refractivity contribution in [3.05, 3.63) is 83.2 Å². The summed E-state index contributed by atoms with van der Waals surface area (Å²) in [5.74, 6) is 6.12. The maximum atomic E-state index is 13.6. The normalized spacial score (nSPS) is 37.7. The summed E-state index contributed by atoms with van der Waals surface area (Å²) in [5.41, 5.74) is 17.3. The molecule has 0 radical (unpaired) electrons. The molecule has 3 aromatic heterocycles. The van der Waals surface area contributed by atoms with Crippen molar-refractivity contribution in [2.24, 2.45) is 146 Å². The summed E-state index contributed by atoms with van der Waals surface area (Å²) < 4.78 is 39.6. The number of aromatic nitrogens is 5. The number of amides is 1. The molecule has 24 atom stereocenters. The smallest absolute Gasteiger partial charge is 0.356 e. The number of nitrogens with two attached hydrogens (primary N) is 3. The summed E-state index contributed by atoms with van der Waals surface area (Å²) in [6.45, 7) is 56.8. The summed E-state index contributed by atoms with van der Waals surface area (Å²) in [5, 5.41) is 27.1. The maximum Gasteiger partial charge on any atom is 0.356 e. The maximum absolute atomic E-state index is 13.6. The first kappa shape index (κ1) is 94.3. The van der Waals surface area contributed by atoms with Crippen LogP contribution in [-0.2, 0) is 38.0 Å². The van der Waals surface area contributed by atoms with Crippen LogP contribution in [0.1, 0.15) is 281 Å². The van der Waals surface area contributed by atoms with Crippen molar-refractivity contribution >= 4 is 36.1 Å². The van der Waals surface area contributed by atoms with Crippen LogP contribution < -0.4 is 22.7 Å². The predicted molar refractivity (Wildman–Crippen MR) is 467 cm³/mol. The molecule has 6 saturated carbocycles. The fourth-order valence-electron chi connectivity index (χ4n) is 25.9. The van der Waals surface area contributed by atoms with Crippen LogP contribution >= 0.6 is 0 Å². The van der Waals surface area contributed by atoms with Gasteiger partial charge in [-0.2, -0.15) is 10.1 Å². The number of allylic oxidation sites excluding steroid dienone is 2. The standard InChI is InChI=1S/C47H71N5O6.C37H65N3O4.C12H15N3O3/c1-13-57-40(55)33-22-30(17-21-49-33)38-50-27-51-52(38)34-23-47-26-56-24-43(9,37(34)58-25-46(12,48)41(5,6)7)35(47)15-14-31-32(47)16-18-45(11)36(39(53)54)42(8,29(4)28(2)3)19-20-44(31,45)10;1-22(2)23(3)32(7)16-17-34(9)24-12-13-27-33(8)19-43-21-37(27,25(24)14-15-35(34,10)28(32)30(41)42)18-26(40-39)29(33)44-20-36(11,38)31(4,5)6;1-4-18-12(17)10-7-9(5-6-13-10)11(16)14-8-15(2)3/h16-17,21-22,27-29,31,34-37H,13-15,18-20,23-26,48H2,1-12H3,(H,53,54);14,22-24,26-29,40H,12-13,15-21,38-39H2,1-11H3,(H,41,42);5-8H,4H2,1-3H3/t29-,31+,34-,35+,36-,37+,42-,43-,44-,45+,46+,47+;23-,24+,26-,27+,28-,29+,32-,33-,34-,35+,36+,37+;/m11./s1. The van der Waals surface area contributed by atoms with Crippen LogP contribution in [0.25, 0.3) is 11.4 Å². The first-order valence-corrected chi connectivity index (χ1v) is 44.9. The molecule has 24 nitrogen and oxygen atoms in total. The lowest BCUT2D eigenvalue weighted by Gasteiger charge is -2.71. The molecule has 0 unspecified atom stereocenters. The third kappa shape index (κ3) is 15.7. The second-order valence-electron chi connectivity index (χ2n) is 44.1.